The minimum absolute atomic E-state index is 0. The Morgan fingerprint density at radius 2 is 2.20 bits per heavy atom. The molecule has 0 radical (unpaired) electrons. The van der Waals surface area contributed by atoms with Gasteiger partial charge < -0.3 is 4.74 Å². The molecule has 0 aromatic rings. The van der Waals surface area contributed by atoms with Gasteiger partial charge in [0.25, 0.3) is 0 Å². The third-order valence-electron chi connectivity index (χ3n) is 0.741. The summed E-state index contributed by atoms with van der Waals surface area (Å²) in [6, 6.07) is 0. The van der Waals surface area contributed by atoms with Gasteiger partial charge in [0.15, 0.2) is 5.97 Å². The molecule has 0 aliphatic rings. The quantitative estimate of drug-likeness (QED) is 0.200. The van der Waals surface area contributed by atoms with Crippen molar-refractivity contribution in [1.29, 1.82) is 0 Å². The molecule has 0 rings (SSSR count). The van der Waals surface area contributed by atoms with E-state index in [1.165, 1.54) is 0 Å². The number of carbonyl (C=O) groups excluding carboxylic acids is 1. The van der Waals surface area contributed by atoms with Gasteiger partial charge in [-0.2, -0.15) is 13.8 Å². The van der Waals surface area contributed by atoms with Crippen molar-refractivity contribution < 1.29 is 28.4 Å². The van der Waals surface area contributed by atoms with Crippen LogP contribution in [-0.2, 0) is 9.53 Å². The molecule has 0 aromatic heterocycles. The van der Waals surface area contributed by atoms with Crippen molar-refractivity contribution in [3.63, 3.8) is 0 Å². The average molecular weight is 134 g/mol. The van der Waals surface area contributed by atoms with Crippen molar-refractivity contribution in [3.8, 4) is 0 Å². The first-order valence-corrected chi connectivity index (χ1v) is 2.76. The zero-order chi connectivity index (χ0) is 7.28. The van der Waals surface area contributed by atoms with Crippen LogP contribution in [0.5, 0.6) is 0 Å². The van der Waals surface area contributed by atoms with Crippen LogP contribution in [0, 0.1) is 5.92 Å². The van der Waals surface area contributed by atoms with E-state index >= 15 is 0 Å². The molecule has 0 saturated carbocycles. The summed E-state index contributed by atoms with van der Waals surface area (Å²) in [5.41, 5.74) is 0. The van der Waals surface area contributed by atoms with Crippen LogP contribution in [0.15, 0.2) is 12.7 Å². The number of hydrogen-bond donors (Lipinski definition) is 0. The third kappa shape index (κ3) is 5.81. The molecular formula is C7H11LiO2. The number of hydrogen-bond acceptors (Lipinski definition) is 2. The monoisotopic (exact) mass is 134 g/mol. The maximum atomic E-state index is 10.6. The molecule has 2 nitrogen and oxygen atoms in total. The van der Waals surface area contributed by atoms with Crippen molar-refractivity contribution in [2.45, 2.75) is 13.8 Å². The standard InChI is InChI=1S/C7H11O2.Li/c1-4-5-9-7(8)6(2)3;/h4H,1,5H2,2-3H3;/q-1;+1. The molecule has 0 atom stereocenters. The fourth-order valence-electron chi connectivity index (χ4n) is 0.279. The van der Waals surface area contributed by atoms with Crippen LogP contribution in [0.4, 0.5) is 0 Å². The van der Waals surface area contributed by atoms with Crippen molar-refractivity contribution in [1.82, 2.24) is 0 Å². The van der Waals surface area contributed by atoms with E-state index in [2.05, 4.69) is 11.3 Å². The summed E-state index contributed by atoms with van der Waals surface area (Å²) in [5.74, 6) is 0.409. The first-order valence-electron chi connectivity index (χ1n) is 2.76. The summed E-state index contributed by atoms with van der Waals surface area (Å²) in [5, 5.41) is 0. The summed E-state index contributed by atoms with van der Waals surface area (Å²) in [4.78, 5) is 10.6. The van der Waals surface area contributed by atoms with Crippen molar-refractivity contribution >= 4 is 5.97 Å². The van der Waals surface area contributed by atoms with E-state index in [0.29, 0.717) is 12.5 Å². The summed E-state index contributed by atoms with van der Waals surface area (Å²) in [6.07, 6.45) is 1.54. The molecule has 0 bridgehead atoms. The fraction of sp³-hybridized carbons (Fsp3) is 0.429. The van der Waals surface area contributed by atoms with Gasteiger partial charge in [-0.25, -0.2) is 0 Å². The number of ether oxygens (including phenoxy) is 1. The van der Waals surface area contributed by atoms with Gasteiger partial charge >= 0.3 is 18.9 Å². The smallest absolute Gasteiger partial charge is 0.484 e. The first kappa shape index (κ1) is 12.4. The van der Waals surface area contributed by atoms with Gasteiger partial charge in [0.05, 0.1) is 0 Å². The molecule has 0 spiro atoms. The maximum Gasteiger partial charge on any atom is 1.00 e. The van der Waals surface area contributed by atoms with Crippen LogP contribution in [0.2, 0.25) is 0 Å². The number of rotatable bonds is 3. The van der Waals surface area contributed by atoms with Crippen LogP contribution >= 0.6 is 0 Å². The topological polar surface area (TPSA) is 26.3 Å². The maximum absolute atomic E-state index is 10.6. The summed E-state index contributed by atoms with van der Waals surface area (Å²) in [6.45, 7) is 7.13. The van der Waals surface area contributed by atoms with E-state index in [4.69, 9.17) is 0 Å². The van der Waals surface area contributed by atoms with Crippen molar-refractivity contribution in [2.75, 3.05) is 6.61 Å². The zero-order valence-electron chi connectivity index (χ0n) is 6.81. The summed E-state index contributed by atoms with van der Waals surface area (Å²) >= 11 is 0. The Morgan fingerprint density at radius 3 is 2.50 bits per heavy atom. The van der Waals surface area contributed by atoms with Crippen molar-refractivity contribution in [3.05, 3.63) is 18.6 Å². The fourth-order valence-corrected chi connectivity index (χ4v) is 0.279. The minimum Gasteiger partial charge on any atom is -0.484 e. The Labute approximate surface area is 73.8 Å². The largest absolute Gasteiger partial charge is 1.00 e. The molecule has 0 saturated heterocycles. The predicted octanol–water partition coefficient (Wildman–Crippen LogP) is -1.67. The zero-order valence-corrected chi connectivity index (χ0v) is 6.81. The molecule has 10 heavy (non-hydrogen) atoms. The van der Waals surface area contributed by atoms with Gasteiger partial charge in [-0.05, 0) is 0 Å². The first-order chi connectivity index (χ1) is 4.18. The molecule has 52 valence electrons. The molecule has 0 N–H and O–H groups in total. The van der Waals surface area contributed by atoms with Gasteiger partial charge in [0.1, 0.15) is 6.61 Å². The molecule has 3 heteroatoms. The molecular weight excluding hydrogens is 123 g/mol. The van der Waals surface area contributed by atoms with Gasteiger partial charge in [-0.3, -0.25) is 10.7 Å². The van der Waals surface area contributed by atoms with Gasteiger partial charge in [0.2, 0.25) is 0 Å². The van der Waals surface area contributed by atoms with E-state index in [1.54, 1.807) is 19.9 Å². The van der Waals surface area contributed by atoms with Crippen molar-refractivity contribution in [2.24, 2.45) is 0 Å². The molecule has 0 aliphatic heterocycles. The van der Waals surface area contributed by atoms with E-state index in [-0.39, 0.29) is 24.8 Å². The van der Waals surface area contributed by atoms with Crippen LogP contribution in [0.25, 0.3) is 0 Å². The second-order valence-electron chi connectivity index (χ2n) is 1.89. The molecule has 0 heterocycles. The van der Waals surface area contributed by atoms with Gasteiger partial charge in [-0.15, -0.1) is 0 Å². The van der Waals surface area contributed by atoms with E-state index < -0.39 is 0 Å². The SMILES string of the molecule is C=CCOC(=O)[C-](C)C.[Li+]. The number of esters is 1. The van der Waals surface area contributed by atoms with Gasteiger partial charge in [0, 0.05) is 0 Å². The Morgan fingerprint density at radius 1 is 1.70 bits per heavy atom. The van der Waals surface area contributed by atoms with Crippen LogP contribution in [0.1, 0.15) is 13.8 Å². The Kier molecular flexibility index (Phi) is 8.40. The Bertz CT molecular complexity index is 110. The predicted molar refractivity (Wildman–Crippen MR) is 35.7 cm³/mol. The normalized spacial score (nSPS) is 7.40. The minimum atomic E-state index is -0.255. The summed E-state index contributed by atoms with van der Waals surface area (Å²) < 4.78 is 4.66. The van der Waals surface area contributed by atoms with Crippen LogP contribution in [-0.4, -0.2) is 12.6 Å². The van der Waals surface area contributed by atoms with E-state index in [9.17, 15) is 4.79 Å². The van der Waals surface area contributed by atoms with Crippen LogP contribution in [0.3, 0.4) is 0 Å². The Hall–Kier alpha value is -0.323. The Balaban J connectivity index is 0. The molecule has 0 amide bonds. The molecule has 0 unspecified atom stereocenters. The molecule has 0 aromatic carbocycles. The molecule has 0 fully saturated rings. The van der Waals surface area contributed by atoms with Crippen LogP contribution < -0.4 is 18.9 Å². The van der Waals surface area contributed by atoms with E-state index in [0.717, 1.165) is 0 Å². The number of carbonyl (C=O) groups is 1. The average Bonchev–Trinajstić information content (AvgIpc) is 1.82. The van der Waals surface area contributed by atoms with E-state index in [1.807, 2.05) is 0 Å². The third-order valence-corrected chi connectivity index (χ3v) is 0.741. The second-order valence-corrected chi connectivity index (χ2v) is 1.89. The molecule has 0 aliphatic carbocycles. The van der Waals surface area contributed by atoms with Gasteiger partial charge in [-0.1, -0.05) is 12.7 Å². The second kappa shape index (κ2) is 6.79. The summed E-state index contributed by atoms with van der Waals surface area (Å²) in [7, 11) is 0.